The summed E-state index contributed by atoms with van der Waals surface area (Å²) in [6.07, 6.45) is -0.125. The predicted octanol–water partition coefficient (Wildman–Crippen LogP) is 7.19. The Labute approximate surface area is 302 Å². The van der Waals surface area contributed by atoms with E-state index in [2.05, 4.69) is 25.2 Å². The lowest BCUT2D eigenvalue weighted by Gasteiger charge is -2.37. The molecule has 3 aliphatic heterocycles. The third-order valence-electron chi connectivity index (χ3n) is 11.5. The molecule has 3 aliphatic rings. The zero-order valence-corrected chi connectivity index (χ0v) is 30.4. The Morgan fingerprint density at radius 3 is 2.33 bits per heavy atom. The van der Waals surface area contributed by atoms with Crippen LogP contribution in [-0.2, 0) is 21.7 Å². The molecule has 0 bridgehead atoms. The van der Waals surface area contributed by atoms with Crippen LogP contribution in [0.5, 0.6) is 5.75 Å². The molecule has 4 atom stereocenters. The molecular formula is C41H39N3O7Si. The maximum Gasteiger partial charge on any atom is 0.269 e. The van der Waals surface area contributed by atoms with Crippen molar-refractivity contribution >= 4 is 58.6 Å². The smallest absolute Gasteiger partial charge is 0.269 e. The monoisotopic (exact) mass is 713 g/mol. The van der Waals surface area contributed by atoms with Crippen LogP contribution in [0, 0.1) is 16.0 Å². The molecule has 10 nitrogen and oxygen atoms in total. The fraction of sp³-hybridized carbons (Fsp3) is 0.268. The summed E-state index contributed by atoms with van der Waals surface area (Å²) in [7, 11) is -0.789. The predicted molar refractivity (Wildman–Crippen MR) is 202 cm³/mol. The molecule has 264 valence electrons. The van der Waals surface area contributed by atoms with Gasteiger partial charge in [0.05, 0.1) is 49.7 Å². The van der Waals surface area contributed by atoms with Gasteiger partial charge in [0.15, 0.2) is 5.60 Å². The van der Waals surface area contributed by atoms with Crippen molar-refractivity contribution in [2.24, 2.45) is 5.92 Å². The fourth-order valence-corrected chi connectivity index (χ4v) is 13.1. The Balaban J connectivity index is 1.15. The van der Waals surface area contributed by atoms with Crippen molar-refractivity contribution < 1.29 is 29.1 Å². The van der Waals surface area contributed by atoms with Crippen molar-refractivity contribution in [1.29, 1.82) is 0 Å². The summed E-state index contributed by atoms with van der Waals surface area (Å²) in [5.41, 5.74) is 2.38. The first-order chi connectivity index (χ1) is 25.0. The van der Waals surface area contributed by atoms with Gasteiger partial charge in [0.1, 0.15) is 5.75 Å². The first-order valence-corrected chi connectivity index (χ1v) is 20.6. The Hall–Kier alpha value is -5.36. The van der Waals surface area contributed by atoms with Gasteiger partial charge in [-0.2, -0.15) is 0 Å². The van der Waals surface area contributed by atoms with Crippen molar-refractivity contribution in [2.75, 3.05) is 23.5 Å². The van der Waals surface area contributed by atoms with Gasteiger partial charge in [0.2, 0.25) is 0 Å². The highest BCUT2D eigenvalue weighted by Gasteiger charge is 2.66. The van der Waals surface area contributed by atoms with Crippen molar-refractivity contribution in [3.63, 3.8) is 0 Å². The van der Waals surface area contributed by atoms with Gasteiger partial charge >= 0.3 is 0 Å². The van der Waals surface area contributed by atoms with Crippen molar-refractivity contribution in [3.8, 4) is 5.75 Å². The molecule has 0 saturated carbocycles. The van der Waals surface area contributed by atoms with Gasteiger partial charge in [-0.3, -0.25) is 24.6 Å². The number of methoxy groups -OCH3 is 1. The van der Waals surface area contributed by atoms with Crippen LogP contribution in [0.4, 0.5) is 22.7 Å². The number of rotatable bonds is 9. The lowest BCUT2D eigenvalue weighted by atomic mass is 9.82. The van der Waals surface area contributed by atoms with E-state index in [0.29, 0.717) is 28.9 Å². The van der Waals surface area contributed by atoms with E-state index < -0.39 is 24.7 Å². The van der Waals surface area contributed by atoms with E-state index in [1.54, 1.807) is 23.0 Å². The van der Waals surface area contributed by atoms with Crippen LogP contribution in [0.25, 0.3) is 10.8 Å². The molecule has 52 heavy (non-hydrogen) atoms. The van der Waals surface area contributed by atoms with Crippen molar-refractivity contribution in [1.82, 2.24) is 0 Å². The number of fused-ring (bicyclic) bond motifs is 2. The van der Waals surface area contributed by atoms with Crippen LogP contribution in [0.15, 0.2) is 103 Å². The number of hydrogen-bond acceptors (Lipinski definition) is 7. The Morgan fingerprint density at radius 2 is 1.65 bits per heavy atom. The summed E-state index contributed by atoms with van der Waals surface area (Å²) in [4.78, 5) is 43.5. The summed E-state index contributed by atoms with van der Waals surface area (Å²) in [5, 5.41) is 25.4. The number of nitro benzene ring substituents is 1. The molecule has 1 spiro atoms. The van der Waals surface area contributed by atoms with Crippen LogP contribution in [-0.4, -0.2) is 49.7 Å². The minimum atomic E-state index is -2.42. The molecule has 2 amide bonds. The van der Waals surface area contributed by atoms with Crippen LogP contribution >= 0.6 is 0 Å². The first kappa shape index (κ1) is 33.8. The number of hydrogen-bond donors (Lipinski definition) is 1. The molecule has 1 N–H and O–H groups in total. The third-order valence-corrected chi connectivity index (χ3v) is 15.9. The maximum absolute atomic E-state index is 15.0. The van der Waals surface area contributed by atoms with Gasteiger partial charge in [-0.1, -0.05) is 73.7 Å². The quantitative estimate of drug-likeness (QED) is 0.0975. The van der Waals surface area contributed by atoms with Crippen LogP contribution < -0.4 is 19.7 Å². The van der Waals surface area contributed by atoms with Gasteiger partial charge < -0.3 is 19.5 Å². The van der Waals surface area contributed by atoms with E-state index in [9.17, 15) is 24.8 Å². The standard InChI is InChI=1S/C41H39N3O7Si/c1-25-38(52(3,4)31-18-16-30(50-2)17-19-31)36(21-22-45)51-41(25)33-23-29(44(48)49)15-20-34(33)42(40(41)47)24-26-11-13-28(14-12-26)43-35-10-6-8-27-7-5-9-32(37(27)35)39(43)46/h5-20,23,25,36,38,45H,21-22,24H2,1-4H3/t25-,36+,38-,41+/m1/s1. The van der Waals surface area contributed by atoms with Gasteiger partial charge in [-0.15, -0.1) is 0 Å². The van der Waals surface area contributed by atoms with E-state index in [-0.39, 0.29) is 42.1 Å². The van der Waals surface area contributed by atoms with Crippen LogP contribution in [0.3, 0.4) is 0 Å². The number of anilines is 3. The topological polar surface area (TPSA) is 122 Å². The molecule has 1 saturated heterocycles. The lowest BCUT2D eigenvalue weighted by Crippen LogP contribution is -2.51. The molecule has 5 aromatic carbocycles. The normalized spacial score (nSPS) is 22.1. The molecule has 3 heterocycles. The highest BCUT2D eigenvalue weighted by atomic mass is 28.3. The number of benzene rings is 5. The molecule has 0 aromatic heterocycles. The molecule has 5 aromatic rings. The van der Waals surface area contributed by atoms with E-state index in [1.807, 2.05) is 79.7 Å². The summed E-state index contributed by atoms with van der Waals surface area (Å²) in [6.45, 7) is 6.59. The second-order valence-corrected chi connectivity index (χ2v) is 19.2. The molecule has 0 unspecified atom stereocenters. The second kappa shape index (κ2) is 12.4. The Kier molecular flexibility index (Phi) is 8.05. The number of amides is 2. The van der Waals surface area contributed by atoms with Gasteiger partial charge in [0, 0.05) is 41.3 Å². The number of nitrogens with zero attached hydrogens (tertiary/aromatic N) is 3. The van der Waals surface area contributed by atoms with E-state index in [0.717, 1.165) is 33.0 Å². The summed E-state index contributed by atoms with van der Waals surface area (Å²) >= 11 is 0. The number of nitro groups is 1. The highest BCUT2D eigenvalue weighted by Crippen LogP contribution is 2.60. The van der Waals surface area contributed by atoms with Crippen LogP contribution in [0.2, 0.25) is 18.6 Å². The number of carbonyl (C=O) groups is 2. The summed E-state index contributed by atoms with van der Waals surface area (Å²) in [5.74, 6) is 0.0191. The fourth-order valence-electron chi connectivity index (χ4n) is 9.07. The average molecular weight is 714 g/mol. The van der Waals surface area contributed by atoms with Gasteiger partial charge in [0.25, 0.3) is 17.5 Å². The van der Waals surface area contributed by atoms with E-state index >= 15 is 0 Å². The van der Waals surface area contributed by atoms with E-state index in [4.69, 9.17) is 9.47 Å². The molecule has 0 aliphatic carbocycles. The van der Waals surface area contributed by atoms with Crippen LogP contribution in [0.1, 0.15) is 34.8 Å². The molecule has 1 fully saturated rings. The van der Waals surface area contributed by atoms with Crippen molar-refractivity contribution in [2.45, 2.75) is 50.2 Å². The number of ether oxygens (including phenoxy) is 2. The Morgan fingerprint density at radius 1 is 0.942 bits per heavy atom. The second-order valence-electron chi connectivity index (χ2n) is 14.5. The SMILES string of the molecule is COc1ccc([Si](C)(C)[C@H]2[C@H](CCO)O[C@@]3(C(=O)N(Cc4ccc(N5C(=O)c6cccc7cccc5c67)cc4)c4ccc([N+](=O)[O-])cc43)[C@@H]2C)cc1. The molecule has 8 rings (SSSR count). The number of carbonyl (C=O) groups excluding carboxylic acids is 2. The number of aliphatic hydroxyl groups is 1. The number of non-ortho nitro benzene ring substituents is 1. The summed E-state index contributed by atoms with van der Waals surface area (Å²) < 4.78 is 12.3. The highest BCUT2D eigenvalue weighted by molar-refractivity contribution is 6.91. The largest absolute Gasteiger partial charge is 0.497 e. The number of aliphatic hydroxyl groups excluding tert-OH is 1. The minimum Gasteiger partial charge on any atom is -0.497 e. The maximum atomic E-state index is 15.0. The zero-order chi connectivity index (χ0) is 36.5. The lowest BCUT2D eigenvalue weighted by molar-refractivity contribution is -0.385. The average Bonchev–Trinajstić information content (AvgIpc) is 3.70. The molecule has 11 heteroatoms. The van der Waals surface area contributed by atoms with Gasteiger partial charge in [-0.05, 0) is 65.4 Å². The minimum absolute atomic E-state index is 0.0905. The molecular weight excluding hydrogens is 675 g/mol. The third kappa shape index (κ3) is 4.91. The first-order valence-electron chi connectivity index (χ1n) is 17.5. The Bertz CT molecular complexity index is 2250. The van der Waals surface area contributed by atoms with E-state index in [1.165, 1.54) is 12.1 Å². The van der Waals surface area contributed by atoms with Crippen molar-refractivity contribution in [3.05, 3.63) is 130 Å². The molecule has 0 radical (unpaired) electrons. The zero-order valence-electron chi connectivity index (χ0n) is 29.4. The summed E-state index contributed by atoms with van der Waals surface area (Å²) in [6, 6.07) is 31.8. The van der Waals surface area contributed by atoms with Gasteiger partial charge in [-0.25, -0.2) is 0 Å².